The van der Waals surface area contributed by atoms with Gasteiger partial charge in [-0.05, 0) is 18.8 Å². The summed E-state index contributed by atoms with van der Waals surface area (Å²) in [5, 5.41) is 11.5. The van der Waals surface area contributed by atoms with Crippen LogP contribution in [0.5, 0.6) is 0 Å². The third-order valence-corrected chi connectivity index (χ3v) is 2.74. The Balaban J connectivity index is 2.30. The molecule has 1 heterocycles. The molecule has 0 spiro atoms. The molecule has 76 valence electrons. The molecule has 13 heavy (non-hydrogen) atoms. The van der Waals surface area contributed by atoms with Gasteiger partial charge >= 0.3 is 0 Å². The zero-order chi connectivity index (χ0) is 9.68. The van der Waals surface area contributed by atoms with Crippen molar-refractivity contribution in [3.8, 4) is 0 Å². The maximum absolute atomic E-state index is 8.48. The van der Waals surface area contributed by atoms with E-state index in [0.29, 0.717) is 0 Å². The molecule has 1 fully saturated rings. The van der Waals surface area contributed by atoms with Crippen LogP contribution in [-0.4, -0.2) is 29.2 Å². The minimum absolute atomic E-state index is 0.259. The van der Waals surface area contributed by atoms with Crippen LogP contribution in [0.1, 0.15) is 32.6 Å². The normalized spacial score (nSPS) is 20.7. The number of hydrogen-bond donors (Lipinski definition) is 2. The molecule has 0 aliphatic carbocycles. The quantitative estimate of drug-likeness (QED) is 0.294. The van der Waals surface area contributed by atoms with Gasteiger partial charge in [0, 0.05) is 13.1 Å². The lowest BCUT2D eigenvalue weighted by Crippen LogP contribution is -2.42. The smallest absolute Gasteiger partial charge is 0.233 e. The highest BCUT2D eigenvalue weighted by Gasteiger charge is 2.19. The Hall–Kier alpha value is -0.930. The minimum Gasteiger partial charge on any atom is -0.408 e. The third kappa shape index (κ3) is 2.79. The SMILES string of the molecule is CCCC1CCN(C(N)=NO)CC1. The molecular weight excluding hydrogens is 166 g/mol. The monoisotopic (exact) mass is 185 g/mol. The molecule has 0 atom stereocenters. The molecule has 0 saturated carbocycles. The largest absolute Gasteiger partial charge is 0.408 e. The van der Waals surface area contributed by atoms with E-state index < -0.39 is 0 Å². The standard InChI is InChI=1S/C9H19N3O/c1-2-3-8-4-6-12(7-5-8)9(10)11-13/h8,13H,2-7H2,1H3,(H2,10,11). The predicted molar refractivity (Wildman–Crippen MR) is 52.6 cm³/mol. The summed E-state index contributed by atoms with van der Waals surface area (Å²) >= 11 is 0. The summed E-state index contributed by atoms with van der Waals surface area (Å²) in [4.78, 5) is 1.94. The maximum atomic E-state index is 8.48. The average Bonchev–Trinajstić information content (AvgIpc) is 2.18. The van der Waals surface area contributed by atoms with Gasteiger partial charge in [-0.25, -0.2) is 0 Å². The van der Waals surface area contributed by atoms with Crippen molar-refractivity contribution in [2.24, 2.45) is 16.8 Å². The number of oxime groups is 1. The first-order chi connectivity index (χ1) is 6.27. The van der Waals surface area contributed by atoms with Gasteiger partial charge in [-0.1, -0.05) is 24.9 Å². The van der Waals surface area contributed by atoms with Crippen molar-refractivity contribution < 1.29 is 5.21 Å². The number of likely N-dealkylation sites (tertiary alicyclic amines) is 1. The predicted octanol–water partition coefficient (Wildman–Crippen LogP) is 1.20. The number of rotatable bonds is 2. The number of nitrogens with zero attached hydrogens (tertiary/aromatic N) is 2. The molecule has 4 heteroatoms. The van der Waals surface area contributed by atoms with Crippen molar-refractivity contribution in [1.82, 2.24) is 4.90 Å². The van der Waals surface area contributed by atoms with Gasteiger partial charge in [0.2, 0.25) is 5.96 Å². The Bertz CT molecular complexity index is 174. The first-order valence-electron chi connectivity index (χ1n) is 5.00. The van der Waals surface area contributed by atoms with Gasteiger partial charge in [-0.2, -0.15) is 0 Å². The van der Waals surface area contributed by atoms with Gasteiger partial charge in [0.05, 0.1) is 0 Å². The molecule has 0 bridgehead atoms. The van der Waals surface area contributed by atoms with Crippen molar-refractivity contribution in [3.63, 3.8) is 0 Å². The topological polar surface area (TPSA) is 61.8 Å². The summed E-state index contributed by atoms with van der Waals surface area (Å²) in [5.74, 6) is 1.10. The van der Waals surface area contributed by atoms with E-state index in [1.165, 1.54) is 25.7 Å². The fourth-order valence-electron chi connectivity index (χ4n) is 1.92. The number of guanidine groups is 1. The van der Waals surface area contributed by atoms with Crippen LogP contribution >= 0.6 is 0 Å². The average molecular weight is 185 g/mol. The van der Waals surface area contributed by atoms with Crippen molar-refractivity contribution in [2.45, 2.75) is 32.6 Å². The van der Waals surface area contributed by atoms with Crippen molar-refractivity contribution in [1.29, 1.82) is 0 Å². The van der Waals surface area contributed by atoms with Gasteiger partial charge in [0.1, 0.15) is 0 Å². The van der Waals surface area contributed by atoms with E-state index in [0.717, 1.165) is 19.0 Å². The van der Waals surface area contributed by atoms with Crippen LogP contribution in [0.3, 0.4) is 0 Å². The van der Waals surface area contributed by atoms with Gasteiger partial charge < -0.3 is 15.8 Å². The lowest BCUT2D eigenvalue weighted by Gasteiger charge is -2.31. The van der Waals surface area contributed by atoms with Crippen molar-refractivity contribution >= 4 is 5.96 Å². The molecule has 0 aromatic heterocycles. The number of piperidine rings is 1. The van der Waals surface area contributed by atoms with Crippen LogP contribution in [0.4, 0.5) is 0 Å². The molecule has 0 unspecified atom stereocenters. The molecule has 4 nitrogen and oxygen atoms in total. The fraction of sp³-hybridized carbons (Fsp3) is 0.889. The van der Waals surface area contributed by atoms with Crippen LogP contribution in [0.25, 0.3) is 0 Å². The maximum Gasteiger partial charge on any atom is 0.233 e. The zero-order valence-electron chi connectivity index (χ0n) is 8.24. The lowest BCUT2D eigenvalue weighted by atomic mass is 9.93. The molecule has 3 N–H and O–H groups in total. The summed E-state index contributed by atoms with van der Waals surface area (Å²) < 4.78 is 0. The second-order valence-corrected chi connectivity index (χ2v) is 3.68. The van der Waals surface area contributed by atoms with E-state index in [-0.39, 0.29) is 5.96 Å². The molecule has 1 aliphatic heterocycles. The van der Waals surface area contributed by atoms with Crippen LogP contribution in [0.15, 0.2) is 5.16 Å². The second kappa shape index (κ2) is 4.94. The highest BCUT2D eigenvalue weighted by molar-refractivity contribution is 5.77. The highest BCUT2D eigenvalue weighted by Crippen LogP contribution is 2.21. The summed E-state index contributed by atoms with van der Waals surface area (Å²) in [5.41, 5.74) is 5.49. The third-order valence-electron chi connectivity index (χ3n) is 2.74. The fourth-order valence-corrected chi connectivity index (χ4v) is 1.92. The summed E-state index contributed by atoms with van der Waals surface area (Å²) in [7, 11) is 0. The first-order valence-corrected chi connectivity index (χ1v) is 5.00. The van der Waals surface area contributed by atoms with Crippen molar-refractivity contribution in [3.05, 3.63) is 0 Å². The van der Waals surface area contributed by atoms with Gasteiger partial charge in [-0.3, -0.25) is 0 Å². The molecule has 0 aromatic rings. The van der Waals surface area contributed by atoms with Crippen LogP contribution < -0.4 is 5.73 Å². The van der Waals surface area contributed by atoms with E-state index >= 15 is 0 Å². The Morgan fingerprint density at radius 2 is 2.15 bits per heavy atom. The van der Waals surface area contributed by atoms with E-state index in [1.54, 1.807) is 0 Å². The van der Waals surface area contributed by atoms with Gasteiger partial charge in [-0.15, -0.1) is 0 Å². The first kappa shape index (κ1) is 10.2. The van der Waals surface area contributed by atoms with E-state index in [9.17, 15) is 0 Å². The Kier molecular flexibility index (Phi) is 3.86. The Morgan fingerprint density at radius 1 is 1.54 bits per heavy atom. The molecule has 0 amide bonds. The molecule has 1 rings (SSSR count). The van der Waals surface area contributed by atoms with Gasteiger partial charge in [0.25, 0.3) is 0 Å². The summed E-state index contributed by atoms with van der Waals surface area (Å²) in [6.45, 7) is 4.08. The van der Waals surface area contributed by atoms with Crippen LogP contribution in [0, 0.1) is 5.92 Å². The highest BCUT2D eigenvalue weighted by atomic mass is 16.4. The zero-order valence-corrected chi connectivity index (χ0v) is 8.24. The van der Waals surface area contributed by atoms with Crippen molar-refractivity contribution in [2.75, 3.05) is 13.1 Å². The van der Waals surface area contributed by atoms with Crippen LogP contribution in [-0.2, 0) is 0 Å². The Labute approximate surface area is 79.4 Å². The van der Waals surface area contributed by atoms with Crippen LogP contribution in [0.2, 0.25) is 0 Å². The van der Waals surface area contributed by atoms with E-state index in [4.69, 9.17) is 10.9 Å². The summed E-state index contributed by atoms with van der Waals surface area (Å²) in [6, 6.07) is 0. The number of nitrogens with two attached hydrogens (primary N) is 1. The van der Waals surface area contributed by atoms with E-state index in [1.807, 2.05) is 4.90 Å². The minimum atomic E-state index is 0.259. The summed E-state index contributed by atoms with van der Waals surface area (Å²) in [6.07, 6.45) is 4.91. The Morgan fingerprint density at radius 3 is 2.62 bits per heavy atom. The molecule has 1 saturated heterocycles. The molecule has 1 aliphatic rings. The number of hydrogen-bond acceptors (Lipinski definition) is 2. The molecule has 0 aromatic carbocycles. The van der Waals surface area contributed by atoms with E-state index in [2.05, 4.69) is 12.1 Å². The lowest BCUT2D eigenvalue weighted by molar-refractivity contribution is 0.237. The molecular formula is C9H19N3O. The molecule has 0 radical (unpaired) electrons. The second-order valence-electron chi connectivity index (χ2n) is 3.68. The van der Waals surface area contributed by atoms with Gasteiger partial charge in [0.15, 0.2) is 0 Å².